The molecule has 0 radical (unpaired) electrons. The van der Waals surface area contributed by atoms with Gasteiger partial charge in [0.1, 0.15) is 24.0 Å². The minimum absolute atomic E-state index is 0.0154. The summed E-state index contributed by atoms with van der Waals surface area (Å²) in [5, 5.41) is 12.2. The fourth-order valence-corrected chi connectivity index (χ4v) is 4.45. The van der Waals surface area contributed by atoms with Crippen molar-refractivity contribution < 1.29 is 28.2 Å². The van der Waals surface area contributed by atoms with Gasteiger partial charge in [0.2, 0.25) is 5.91 Å². The lowest BCUT2D eigenvalue weighted by Gasteiger charge is -2.24. The third-order valence-electron chi connectivity index (χ3n) is 6.42. The molecule has 1 amide bonds. The van der Waals surface area contributed by atoms with Gasteiger partial charge in [-0.25, -0.2) is 9.18 Å². The minimum Gasteiger partial charge on any atom is -0.491 e. The molecule has 5 rings (SSSR count). The normalized spacial score (nSPS) is 17.2. The van der Waals surface area contributed by atoms with E-state index < -0.39 is 18.2 Å². The van der Waals surface area contributed by atoms with Crippen LogP contribution in [0.3, 0.4) is 0 Å². The van der Waals surface area contributed by atoms with Crippen LogP contribution in [-0.4, -0.2) is 52.2 Å². The summed E-state index contributed by atoms with van der Waals surface area (Å²) >= 11 is 0. The van der Waals surface area contributed by atoms with Crippen molar-refractivity contribution in [3.8, 4) is 5.75 Å². The lowest BCUT2D eigenvalue weighted by molar-refractivity contribution is -0.132. The van der Waals surface area contributed by atoms with Gasteiger partial charge in [0, 0.05) is 12.1 Å². The number of amides is 1. The van der Waals surface area contributed by atoms with E-state index >= 15 is 0 Å². The predicted molar refractivity (Wildman–Crippen MR) is 136 cm³/mol. The van der Waals surface area contributed by atoms with Crippen LogP contribution in [0.1, 0.15) is 27.9 Å². The third kappa shape index (κ3) is 5.55. The Kier molecular flexibility index (Phi) is 6.76. The van der Waals surface area contributed by atoms with E-state index in [2.05, 4.69) is 10.3 Å². The van der Waals surface area contributed by atoms with Crippen LogP contribution >= 0.6 is 0 Å². The lowest BCUT2D eigenvalue weighted by Crippen LogP contribution is -2.40. The standard InChI is InChI=1S/C28H26FN3O5/c1-17-4-2-3-5-23(17)30-28-31-24-12-18(6-11-25(24)37-28)13-26(33)32-15-20(29)14-21(32)16-36-22-9-7-19(8-10-22)27(34)35/h2-12,20-21H,13-16H2,1H3,(H,30,31)(H,34,35)/t20-,21-/m0/s1. The van der Waals surface area contributed by atoms with Crippen molar-refractivity contribution in [1.82, 2.24) is 9.88 Å². The number of hydrogen-bond acceptors (Lipinski definition) is 6. The number of carbonyl (C=O) groups is 2. The Labute approximate surface area is 212 Å². The van der Waals surface area contributed by atoms with Crippen LogP contribution in [0.25, 0.3) is 11.1 Å². The first-order valence-electron chi connectivity index (χ1n) is 12.0. The summed E-state index contributed by atoms with van der Waals surface area (Å²) < 4.78 is 25.8. The average molecular weight is 504 g/mol. The number of fused-ring (bicyclic) bond motifs is 1. The van der Waals surface area contributed by atoms with Crippen molar-refractivity contribution in [1.29, 1.82) is 0 Å². The van der Waals surface area contributed by atoms with E-state index in [-0.39, 0.29) is 37.5 Å². The zero-order valence-electron chi connectivity index (χ0n) is 20.2. The van der Waals surface area contributed by atoms with Crippen molar-refractivity contribution in [2.75, 3.05) is 18.5 Å². The van der Waals surface area contributed by atoms with Crippen LogP contribution < -0.4 is 10.1 Å². The summed E-state index contributed by atoms with van der Waals surface area (Å²) in [5.41, 5.74) is 4.07. The molecule has 3 aromatic carbocycles. The Morgan fingerprint density at radius 2 is 1.95 bits per heavy atom. The number of hydrogen-bond donors (Lipinski definition) is 2. The predicted octanol–water partition coefficient (Wildman–Crippen LogP) is 5.14. The molecule has 1 saturated heterocycles. The molecular formula is C28H26FN3O5. The van der Waals surface area contributed by atoms with Gasteiger partial charge < -0.3 is 24.5 Å². The zero-order chi connectivity index (χ0) is 25.9. The summed E-state index contributed by atoms with van der Waals surface area (Å²) in [6, 6.07) is 19.1. The van der Waals surface area contributed by atoms with Crippen LogP contribution in [0.4, 0.5) is 16.1 Å². The highest BCUT2D eigenvalue weighted by Crippen LogP contribution is 2.26. The maximum absolute atomic E-state index is 14.3. The number of benzene rings is 3. The molecule has 0 unspecified atom stereocenters. The summed E-state index contributed by atoms with van der Waals surface area (Å²) in [6.07, 6.45) is -0.838. The second-order valence-corrected chi connectivity index (χ2v) is 9.11. The number of oxazole rings is 1. The Bertz CT molecular complexity index is 1440. The van der Waals surface area contributed by atoms with Crippen LogP contribution in [0.2, 0.25) is 0 Å². The van der Waals surface area contributed by atoms with Gasteiger partial charge in [-0.2, -0.15) is 4.98 Å². The first kappa shape index (κ1) is 24.3. The summed E-state index contributed by atoms with van der Waals surface area (Å²) in [7, 11) is 0. The van der Waals surface area contributed by atoms with E-state index in [0.717, 1.165) is 16.8 Å². The van der Waals surface area contributed by atoms with E-state index in [0.29, 0.717) is 22.9 Å². The van der Waals surface area contributed by atoms with Gasteiger partial charge in [-0.1, -0.05) is 24.3 Å². The number of aromatic carboxylic acids is 1. The van der Waals surface area contributed by atoms with Crippen molar-refractivity contribution in [3.63, 3.8) is 0 Å². The average Bonchev–Trinajstić information content (AvgIpc) is 3.46. The molecule has 1 fully saturated rings. The number of para-hydroxylation sites is 1. The highest BCUT2D eigenvalue weighted by molar-refractivity contribution is 5.87. The number of ether oxygens (including phenoxy) is 1. The number of carbonyl (C=O) groups excluding carboxylic acids is 1. The molecule has 1 aromatic heterocycles. The molecule has 9 heteroatoms. The molecular weight excluding hydrogens is 477 g/mol. The number of alkyl halides is 1. The Hall–Kier alpha value is -4.40. The van der Waals surface area contributed by atoms with Crippen LogP contribution in [0, 0.1) is 6.92 Å². The number of aromatic nitrogens is 1. The second-order valence-electron chi connectivity index (χ2n) is 9.11. The van der Waals surface area contributed by atoms with E-state index in [9.17, 15) is 14.0 Å². The van der Waals surface area contributed by atoms with Crippen LogP contribution in [-0.2, 0) is 11.2 Å². The molecule has 2 heterocycles. The number of carboxylic acid groups (broad SMARTS) is 1. The molecule has 0 aliphatic carbocycles. The molecule has 4 aromatic rings. The van der Waals surface area contributed by atoms with Crippen molar-refractivity contribution in [3.05, 3.63) is 83.4 Å². The largest absolute Gasteiger partial charge is 0.491 e. The second kappa shape index (κ2) is 10.3. The minimum atomic E-state index is -1.12. The number of nitrogens with one attached hydrogen (secondary N) is 1. The van der Waals surface area contributed by atoms with Gasteiger partial charge >= 0.3 is 5.97 Å². The molecule has 37 heavy (non-hydrogen) atoms. The Morgan fingerprint density at radius 1 is 1.16 bits per heavy atom. The zero-order valence-corrected chi connectivity index (χ0v) is 20.2. The fraction of sp³-hybridized carbons (Fsp3) is 0.250. The lowest BCUT2D eigenvalue weighted by atomic mass is 10.1. The van der Waals surface area contributed by atoms with Gasteiger partial charge in [0.05, 0.1) is 24.6 Å². The third-order valence-corrected chi connectivity index (χ3v) is 6.42. The molecule has 0 spiro atoms. The van der Waals surface area contributed by atoms with Gasteiger partial charge in [0.25, 0.3) is 6.01 Å². The van der Waals surface area contributed by atoms with E-state index in [1.54, 1.807) is 24.3 Å². The van der Waals surface area contributed by atoms with Crippen molar-refractivity contribution in [2.45, 2.75) is 32.0 Å². The number of aryl methyl sites for hydroxylation is 1. The molecule has 2 N–H and O–H groups in total. The molecule has 0 saturated carbocycles. The molecule has 0 bridgehead atoms. The van der Waals surface area contributed by atoms with Gasteiger partial charge in [0.15, 0.2) is 5.58 Å². The molecule has 8 nitrogen and oxygen atoms in total. The van der Waals surface area contributed by atoms with Crippen molar-refractivity contribution in [2.24, 2.45) is 0 Å². The maximum Gasteiger partial charge on any atom is 0.335 e. The SMILES string of the molecule is Cc1ccccc1Nc1nc2cc(CC(=O)N3C[C@@H](F)C[C@H]3COc3ccc(C(=O)O)cc3)ccc2o1. The highest BCUT2D eigenvalue weighted by Gasteiger charge is 2.35. The number of carboxylic acids is 1. The summed E-state index contributed by atoms with van der Waals surface area (Å²) in [4.78, 5) is 30.1. The quantitative estimate of drug-likeness (QED) is 0.343. The number of halogens is 1. The highest BCUT2D eigenvalue weighted by atomic mass is 19.1. The van der Waals surface area contributed by atoms with Crippen LogP contribution in [0.5, 0.6) is 5.75 Å². The maximum atomic E-state index is 14.3. The van der Waals surface area contributed by atoms with Crippen LogP contribution in [0.15, 0.2) is 71.1 Å². The fourth-order valence-electron chi connectivity index (χ4n) is 4.45. The molecule has 190 valence electrons. The van der Waals surface area contributed by atoms with Crippen molar-refractivity contribution >= 4 is 34.7 Å². The molecule has 1 aliphatic heterocycles. The molecule has 2 atom stereocenters. The Balaban J connectivity index is 1.23. The molecule has 1 aliphatic rings. The number of anilines is 2. The van der Waals surface area contributed by atoms with Gasteiger partial charge in [-0.3, -0.25) is 4.79 Å². The smallest absolute Gasteiger partial charge is 0.335 e. The first-order valence-corrected chi connectivity index (χ1v) is 12.0. The number of rotatable bonds is 8. The van der Waals surface area contributed by atoms with E-state index in [1.807, 2.05) is 37.3 Å². The first-order chi connectivity index (χ1) is 17.9. The van der Waals surface area contributed by atoms with E-state index in [1.165, 1.54) is 17.0 Å². The number of nitrogens with zero attached hydrogens (tertiary/aromatic N) is 2. The topological polar surface area (TPSA) is 105 Å². The summed E-state index contributed by atoms with van der Waals surface area (Å²) in [5.74, 6) is -0.760. The van der Waals surface area contributed by atoms with Gasteiger partial charge in [-0.05, 0) is 60.5 Å². The van der Waals surface area contributed by atoms with Gasteiger partial charge in [-0.15, -0.1) is 0 Å². The monoisotopic (exact) mass is 503 g/mol. The number of likely N-dealkylation sites (tertiary alicyclic amines) is 1. The Morgan fingerprint density at radius 3 is 2.70 bits per heavy atom. The summed E-state index contributed by atoms with van der Waals surface area (Å²) in [6.45, 7) is 2.12. The van der Waals surface area contributed by atoms with E-state index in [4.69, 9.17) is 14.3 Å².